The molecular formula is C31H65N2O6P. The lowest BCUT2D eigenvalue weighted by Gasteiger charge is -2.30. The van der Waals surface area contributed by atoms with Crippen LogP contribution >= 0.6 is 7.82 Å². The number of phosphoric acid groups is 1. The van der Waals surface area contributed by atoms with Crippen LogP contribution in [0.1, 0.15) is 142 Å². The highest BCUT2D eigenvalue weighted by Crippen LogP contribution is 2.38. The topological polar surface area (TPSA) is 108 Å². The molecule has 2 N–H and O–H groups in total. The number of quaternary nitrogens is 1. The Labute approximate surface area is 247 Å². The molecule has 0 bridgehead atoms. The molecule has 0 aromatic rings. The van der Waals surface area contributed by atoms with Gasteiger partial charge in [0.15, 0.2) is 0 Å². The molecular weight excluding hydrogens is 527 g/mol. The lowest BCUT2D eigenvalue weighted by Crippen LogP contribution is -2.46. The number of unbranched alkanes of at least 4 members (excludes halogenated alkanes) is 16. The van der Waals surface area contributed by atoms with E-state index in [4.69, 9.17) is 9.05 Å². The van der Waals surface area contributed by atoms with Crippen molar-refractivity contribution in [3.8, 4) is 0 Å². The molecule has 0 aliphatic heterocycles. The minimum atomic E-state index is -4.53. The molecule has 0 rings (SSSR count). The molecule has 0 radical (unpaired) electrons. The van der Waals surface area contributed by atoms with Crippen molar-refractivity contribution >= 4 is 13.7 Å². The normalized spacial score (nSPS) is 15.1. The van der Waals surface area contributed by atoms with Gasteiger partial charge in [-0.05, 0) is 12.8 Å². The number of carbonyl (C=O) groups is 1. The van der Waals surface area contributed by atoms with E-state index in [0.29, 0.717) is 23.9 Å². The van der Waals surface area contributed by atoms with Crippen LogP contribution in [0.2, 0.25) is 0 Å². The predicted octanol–water partition coefficient (Wildman–Crippen LogP) is 6.88. The van der Waals surface area contributed by atoms with Gasteiger partial charge in [0, 0.05) is 6.42 Å². The number of hydrogen-bond acceptors (Lipinski definition) is 6. The van der Waals surface area contributed by atoms with Crippen molar-refractivity contribution < 1.29 is 32.9 Å². The van der Waals surface area contributed by atoms with Gasteiger partial charge >= 0.3 is 0 Å². The van der Waals surface area contributed by atoms with Gasteiger partial charge in [0.25, 0.3) is 7.82 Å². The van der Waals surface area contributed by atoms with Crippen LogP contribution in [-0.4, -0.2) is 68.5 Å². The van der Waals surface area contributed by atoms with Crippen molar-refractivity contribution in [2.75, 3.05) is 40.9 Å². The molecule has 240 valence electrons. The van der Waals surface area contributed by atoms with Crippen LogP contribution in [0.5, 0.6) is 0 Å². The molecule has 0 spiro atoms. The van der Waals surface area contributed by atoms with Crippen molar-refractivity contribution in [2.24, 2.45) is 0 Å². The first-order chi connectivity index (χ1) is 19.0. The number of nitrogens with zero attached hydrogens (tertiary/aromatic N) is 1. The molecule has 3 unspecified atom stereocenters. The maximum Gasteiger partial charge on any atom is 0.268 e. The first kappa shape index (κ1) is 39.5. The van der Waals surface area contributed by atoms with Crippen LogP contribution in [0.3, 0.4) is 0 Å². The van der Waals surface area contributed by atoms with Crippen LogP contribution in [0.4, 0.5) is 0 Å². The van der Waals surface area contributed by atoms with Gasteiger partial charge in [-0.2, -0.15) is 0 Å². The van der Waals surface area contributed by atoms with Gasteiger partial charge in [-0.25, -0.2) is 0 Å². The minimum Gasteiger partial charge on any atom is -0.756 e. The van der Waals surface area contributed by atoms with E-state index in [0.717, 1.165) is 38.5 Å². The molecule has 8 nitrogen and oxygen atoms in total. The molecule has 0 aromatic heterocycles. The lowest BCUT2D eigenvalue weighted by molar-refractivity contribution is -0.870. The van der Waals surface area contributed by atoms with Gasteiger partial charge in [-0.15, -0.1) is 0 Å². The summed E-state index contributed by atoms with van der Waals surface area (Å²) in [6.07, 6.45) is 21.1. The van der Waals surface area contributed by atoms with E-state index in [1.807, 2.05) is 21.1 Å². The van der Waals surface area contributed by atoms with E-state index in [1.54, 1.807) is 0 Å². The van der Waals surface area contributed by atoms with Crippen molar-refractivity contribution in [1.82, 2.24) is 5.32 Å². The molecule has 3 atom stereocenters. The van der Waals surface area contributed by atoms with Gasteiger partial charge in [0.05, 0.1) is 39.9 Å². The second kappa shape index (κ2) is 25.0. The fourth-order valence-electron chi connectivity index (χ4n) is 4.62. The summed E-state index contributed by atoms with van der Waals surface area (Å²) in [5, 5.41) is 13.7. The number of amides is 1. The Morgan fingerprint density at radius 1 is 0.775 bits per heavy atom. The number of carbonyl (C=O) groups excluding carboxylic acids is 1. The third kappa shape index (κ3) is 26.4. The Bertz CT molecular complexity index is 644. The first-order valence-electron chi connectivity index (χ1n) is 16.4. The highest BCUT2D eigenvalue weighted by molar-refractivity contribution is 7.45. The molecule has 0 saturated heterocycles. The Balaban J connectivity index is 4.56. The summed E-state index contributed by atoms with van der Waals surface area (Å²) >= 11 is 0. The van der Waals surface area contributed by atoms with Gasteiger partial charge in [0.1, 0.15) is 13.2 Å². The quantitative estimate of drug-likeness (QED) is 0.0557. The van der Waals surface area contributed by atoms with Gasteiger partial charge in [-0.1, -0.05) is 123 Å². The van der Waals surface area contributed by atoms with E-state index in [1.165, 1.54) is 77.0 Å². The Kier molecular flexibility index (Phi) is 24.7. The van der Waals surface area contributed by atoms with E-state index in [-0.39, 0.29) is 19.1 Å². The molecule has 9 heteroatoms. The third-order valence-electron chi connectivity index (χ3n) is 7.35. The highest BCUT2D eigenvalue weighted by Gasteiger charge is 2.24. The number of nitrogens with one attached hydrogen (secondary N) is 1. The van der Waals surface area contributed by atoms with Gasteiger partial charge < -0.3 is 28.8 Å². The second-order valence-corrected chi connectivity index (χ2v) is 13.9. The Morgan fingerprint density at radius 2 is 1.23 bits per heavy atom. The van der Waals surface area contributed by atoms with Crippen LogP contribution in [0.15, 0.2) is 0 Å². The van der Waals surface area contributed by atoms with E-state index in [9.17, 15) is 19.4 Å². The number of likely N-dealkylation sites (N-methyl/N-ethyl adjacent to an activating group) is 1. The summed E-state index contributed by atoms with van der Waals surface area (Å²) in [5.74, 6) is -0.172. The largest absolute Gasteiger partial charge is 0.756 e. The molecule has 0 aliphatic rings. The van der Waals surface area contributed by atoms with Crippen LogP contribution < -0.4 is 10.2 Å². The molecule has 40 heavy (non-hydrogen) atoms. The van der Waals surface area contributed by atoms with Crippen molar-refractivity contribution in [3.63, 3.8) is 0 Å². The van der Waals surface area contributed by atoms with E-state index >= 15 is 0 Å². The van der Waals surface area contributed by atoms with Gasteiger partial charge in [-0.3, -0.25) is 9.36 Å². The smallest absolute Gasteiger partial charge is 0.268 e. The van der Waals surface area contributed by atoms with E-state index < -0.39 is 20.0 Å². The maximum atomic E-state index is 12.6. The Morgan fingerprint density at radius 3 is 1.70 bits per heavy atom. The molecule has 0 fully saturated rings. The zero-order valence-electron chi connectivity index (χ0n) is 26.8. The van der Waals surface area contributed by atoms with Crippen LogP contribution in [0.25, 0.3) is 0 Å². The molecule has 1 amide bonds. The molecule has 0 aromatic carbocycles. The summed E-state index contributed by atoms with van der Waals surface area (Å²) in [6, 6.07) is -0.788. The summed E-state index contributed by atoms with van der Waals surface area (Å²) in [7, 11) is 1.30. The zero-order valence-corrected chi connectivity index (χ0v) is 27.7. The monoisotopic (exact) mass is 592 g/mol. The minimum absolute atomic E-state index is 0.0148. The lowest BCUT2D eigenvalue weighted by atomic mass is 10.0. The fraction of sp³-hybridized carbons (Fsp3) is 0.968. The predicted molar refractivity (Wildman–Crippen MR) is 164 cm³/mol. The molecule has 0 saturated carbocycles. The number of rotatable bonds is 29. The Hall–Kier alpha value is -0.500. The fourth-order valence-corrected chi connectivity index (χ4v) is 5.35. The van der Waals surface area contributed by atoms with Gasteiger partial charge in [0.2, 0.25) is 5.91 Å². The third-order valence-corrected chi connectivity index (χ3v) is 8.31. The standard InChI is InChI=1S/C31H65N2O6P/c1-6-8-10-12-14-16-18-20-22-24-30(34)29(28-39-40(36,37)38-27-26-33(3,4)5)32-31(35)25-23-21-19-17-15-13-11-9-7-2/h29-30,34H,6-28H2,1-5H3,(H-,32,35,36,37). The number of phosphoric ester groups is 1. The summed E-state index contributed by atoms with van der Waals surface area (Å²) in [6.45, 7) is 4.64. The van der Waals surface area contributed by atoms with Crippen molar-refractivity contribution in [2.45, 2.75) is 154 Å². The average molecular weight is 593 g/mol. The first-order valence-corrected chi connectivity index (χ1v) is 17.8. The number of aliphatic hydroxyl groups is 1. The maximum absolute atomic E-state index is 12.6. The average Bonchev–Trinajstić information content (AvgIpc) is 2.88. The number of aliphatic hydroxyl groups excluding tert-OH is 1. The second-order valence-electron chi connectivity index (χ2n) is 12.5. The number of hydrogen-bond donors (Lipinski definition) is 2. The zero-order chi connectivity index (χ0) is 30.1. The summed E-state index contributed by atoms with van der Waals surface area (Å²) in [4.78, 5) is 24.9. The van der Waals surface area contributed by atoms with Crippen molar-refractivity contribution in [3.05, 3.63) is 0 Å². The van der Waals surface area contributed by atoms with Crippen LogP contribution in [0, 0.1) is 0 Å². The van der Waals surface area contributed by atoms with Crippen LogP contribution in [-0.2, 0) is 18.4 Å². The van der Waals surface area contributed by atoms with Crippen molar-refractivity contribution in [1.29, 1.82) is 0 Å². The SMILES string of the molecule is CCCCCCCCCCCC(=O)NC(COP(=O)([O-])OCC[N+](C)(C)C)C(O)CCCCCCCCCCC. The highest BCUT2D eigenvalue weighted by atomic mass is 31.2. The molecule has 0 heterocycles. The summed E-state index contributed by atoms with van der Waals surface area (Å²) < 4.78 is 23.0. The molecule has 0 aliphatic carbocycles. The summed E-state index contributed by atoms with van der Waals surface area (Å²) in [5.41, 5.74) is 0. The van der Waals surface area contributed by atoms with E-state index in [2.05, 4.69) is 19.2 Å².